The highest BCUT2D eigenvalue weighted by Gasteiger charge is 2.16. The Morgan fingerprint density at radius 3 is 1.45 bits per heavy atom. The summed E-state index contributed by atoms with van der Waals surface area (Å²) in [5.74, 6) is 1.60. The van der Waals surface area contributed by atoms with Gasteiger partial charge in [0.2, 0.25) is 0 Å². The van der Waals surface area contributed by atoms with Crippen LogP contribution in [0.25, 0.3) is 0 Å². The second-order valence-corrected chi connectivity index (χ2v) is 10.6. The molecule has 194 valence electrons. The normalized spacial score (nSPS) is 11.5. The highest BCUT2D eigenvalue weighted by Crippen LogP contribution is 2.14. The highest BCUT2D eigenvalue weighted by atomic mass is 15.1. The quantitative estimate of drug-likeness (QED) is 0.101. The molecule has 0 fully saturated rings. The fourth-order valence-corrected chi connectivity index (χ4v) is 5.09. The monoisotopic (exact) mass is 461 g/mol. The van der Waals surface area contributed by atoms with Crippen LogP contribution in [0.1, 0.15) is 168 Å². The van der Waals surface area contributed by atoms with Crippen molar-refractivity contribution in [1.29, 1.82) is 0 Å². The van der Waals surface area contributed by atoms with Crippen LogP contribution in [-0.4, -0.2) is 4.57 Å². The van der Waals surface area contributed by atoms with E-state index in [0.717, 1.165) is 0 Å². The molecular formula is C31H61N2+. The Labute approximate surface area is 208 Å². The van der Waals surface area contributed by atoms with Crippen LogP contribution in [-0.2, 0) is 19.5 Å². The maximum atomic E-state index is 2.58. The fourth-order valence-electron chi connectivity index (χ4n) is 5.09. The Balaban J connectivity index is 2.18. The summed E-state index contributed by atoms with van der Waals surface area (Å²) in [5.41, 5.74) is 0. The molecule has 0 bridgehead atoms. The molecule has 1 heterocycles. The molecule has 0 saturated heterocycles. The van der Waals surface area contributed by atoms with E-state index >= 15 is 0 Å². The summed E-state index contributed by atoms with van der Waals surface area (Å²) < 4.78 is 5.16. The molecule has 1 aromatic rings. The molecule has 0 aliphatic carbocycles. The summed E-state index contributed by atoms with van der Waals surface area (Å²) in [7, 11) is 0. The van der Waals surface area contributed by atoms with Crippen molar-refractivity contribution < 1.29 is 4.57 Å². The first-order valence-electron chi connectivity index (χ1n) is 15.4. The average Bonchev–Trinajstić information content (AvgIpc) is 3.21. The summed E-state index contributed by atoms with van der Waals surface area (Å²) in [6.45, 7) is 9.35. The van der Waals surface area contributed by atoms with E-state index in [2.05, 4.69) is 42.3 Å². The zero-order chi connectivity index (χ0) is 23.8. The Morgan fingerprint density at radius 1 is 0.515 bits per heavy atom. The van der Waals surface area contributed by atoms with Gasteiger partial charge in [-0.25, -0.2) is 9.13 Å². The van der Waals surface area contributed by atoms with E-state index in [4.69, 9.17) is 0 Å². The molecule has 0 N–H and O–H groups in total. The van der Waals surface area contributed by atoms with E-state index in [1.165, 1.54) is 161 Å². The topological polar surface area (TPSA) is 8.81 Å². The second-order valence-electron chi connectivity index (χ2n) is 10.6. The van der Waals surface area contributed by atoms with E-state index in [-0.39, 0.29) is 0 Å². The summed E-state index contributed by atoms with van der Waals surface area (Å²) in [5, 5.41) is 0. The van der Waals surface area contributed by atoms with Crippen molar-refractivity contribution >= 4 is 0 Å². The van der Waals surface area contributed by atoms with Gasteiger partial charge in [0.15, 0.2) is 0 Å². The molecule has 0 amide bonds. The Bertz CT molecular complexity index is 489. The standard InChI is InChI=1S/C31H61N2/c1-4-7-10-13-14-15-16-17-18-19-20-21-22-23-26-31-32(27-24-11-8-5-2)29-30-33(31)28-25-12-9-6-3/h29-30H,4-28H2,1-3H3/q+1. The van der Waals surface area contributed by atoms with Crippen LogP contribution >= 0.6 is 0 Å². The molecule has 0 saturated carbocycles. The third kappa shape index (κ3) is 16.5. The highest BCUT2D eigenvalue weighted by molar-refractivity contribution is 4.84. The molecule has 0 unspecified atom stereocenters. The minimum absolute atomic E-state index is 1.22. The van der Waals surface area contributed by atoms with Crippen LogP contribution < -0.4 is 4.57 Å². The number of hydrogen-bond acceptors (Lipinski definition) is 0. The van der Waals surface area contributed by atoms with E-state index < -0.39 is 0 Å². The smallest absolute Gasteiger partial charge is 0.234 e. The van der Waals surface area contributed by atoms with Crippen molar-refractivity contribution in [2.45, 2.75) is 182 Å². The van der Waals surface area contributed by atoms with Crippen LogP contribution in [0.4, 0.5) is 0 Å². The van der Waals surface area contributed by atoms with Crippen LogP contribution in [0.2, 0.25) is 0 Å². The molecule has 2 heteroatoms. The molecular weight excluding hydrogens is 400 g/mol. The summed E-state index contributed by atoms with van der Waals surface area (Å²) in [6.07, 6.45) is 37.1. The number of nitrogens with zero attached hydrogens (tertiary/aromatic N) is 2. The van der Waals surface area contributed by atoms with Gasteiger partial charge in [-0.3, -0.25) is 0 Å². The Kier molecular flexibility index (Phi) is 21.1. The number of aryl methyl sites for hydroxylation is 2. The van der Waals surface area contributed by atoms with E-state index in [9.17, 15) is 0 Å². The summed E-state index contributed by atoms with van der Waals surface area (Å²) in [6, 6.07) is 0. The van der Waals surface area contributed by atoms with E-state index in [0.29, 0.717) is 0 Å². The van der Waals surface area contributed by atoms with Crippen molar-refractivity contribution in [3.05, 3.63) is 18.2 Å². The SMILES string of the molecule is CCCCCCCCCCCCCCCCc1n(CCCCCC)cc[n+]1CCCCCC. The molecule has 0 radical (unpaired) electrons. The molecule has 0 aliphatic rings. The first kappa shape index (κ1) is 30.2. The van der Waals surface area contributed by atoms with E-state index in [1.54, 1.807) is 5.82 Å². The second kappa shape index (κ2) is 23.0. The lowest BCUT2D eigenvalue weighted by atomic mass is 10.0. The number of unbranched alkanes of at least 4 members (excludes halogenated alkanes) is 19. The van der Waals surface area contributed by atoms with Crippen molar-refractivity contribution in [3.8, 4) is 0 Å². The van der Waals surface area contributed by atoms with Gasteiger partial charge in [-0.2, -0.15) is 0 Å². The lowest BCUT2D eigenvalue weighted by molar-refractivity contribution is -0.704. The summed E-state index contributed by atoms with van der Waals surface area (Å²) >= 11 is 0. The number of rotatable bonds is 25. The van der Waals surface area contributed by atoms with Gasteiger partial charge in [-0.1, -0.05) is 130 Å². The lowest BCUT2D eigenvalue weighted by Crippen LogP contribution is -2.37. The van der Waals surface area contributed by atoms with Crippen LogP contribution in [0.15, 0.2) is 12.4 Å². The third-order valence-electron chi connectivity index (χ3n) is 7.35. The van der Waals surface area contributed by atoms with Gasteiger partial charge in [0.25, 0.3) is 5.82 Å². The molecule has 2 nitrogen and oxygen atoms in total. The minimum atomic E-state index is 1.22. The van der Waals surface area contributed by atoms with Crippen LogP contribution in [0.3, 0.4) is 0 Å². The fraction of sp³-hybridized carbons (Fsp3) is 0.903. The first-order chi connectivity index (χ1) is 16.3. The van der Waals surface area contributed by atoms with Crippen LogP contribution in [0, 0.1) is 0 Å². The Hall–Kier alpha value is -0.790. The molecule has 0 atom stereocenters. The molecule has 0 aromatic carbocycles. The van der Waals surface area contributed by atoms with Crippen molar-refractivity contribution in [1.82, 2.24) is 4.57 Å². The van der Waals surface area contributed by atoms with Gasteiger partial charge < -0.3 is 0 Å². The molecule has 0 spiro atoms. The molecule has 0 aliphatic heterocycles. The van der Waals surface area contributed by atoms with Crippen molar-refractivity contribution in [2.24, 2.45) is 0 Å². The predicted octanol–water partition coefficient (Wildman–Crippen LogP) is 9.96. The van der Waals surface area contributed by atoms with Crippen LogP contribution in [0.5, 0.6) is 0 Å². The van der Waals surface area contributed by atoms with Gasteiger partial charge in [0.1, 0.15) is 12.4 Å². The van der Waals surface area contributed by atoms with Crippen molar-refractivity contribution in [3.63, 3.8) is 0 Å². The van der Waals surface area contributed by atoms with Gasteiger partial charge in [-0.15, -0.1) is 0 Å². The third-order valence-corrected chi connectivity index (χ3v) is 7.35. The number of hydrogen-bond donors (Lipinski definition) is 0. The maximum absolute atomic E-state index is 2.58. The zero-order valence-corrected chi connectivity index (χ0v) is 23.2. The van der Waals surface area contributed by atoms with Crippen molar-refractivity contribution in [2.75, 3.05) is 0 Å². The predicted molar refractivity (Wildman–Crippen MR) is 147 cm³/mol. The molecule has 33 heavy (non-hydrogen) atoms. The Morgan fingerprint density at radius 2 is 0.939 bits per heavy atom. The van der Waals surface area contributed by atoms with E-state index in [1.807, 2.05) is 0 Å². The van der Waals surface area contributed by atoms with Gasteiger partial charge in [0.05, 0.1) is 13.1 Å². The minimum Gasteiger partial charge on any atom is -0.234 e. The molecule has 1 aromatic heterocycles. The largest absolute Gasteiger partial charge is 0.256 e. The lowest BCUT2D eigenvalue weighted by Gasteiger charge is -2.07. The average molecular weight is 462 g/mol. The molecule has 1 rings (SSSR count). The first-order valence-corrected chi connectivity index (χ1v) is 15.4. The maximum Gasteiger partial charge on any atom is 0.256 e. The van der Waals surface area contributed by atoms with Gasteiger partial charge >= 0.3 is 0 Å². The number of imidazole rings is 1. The van der Waals surface area contributed by atoms with Gasteiger partial charge in [0, 0.05) is 6.42 Å². The van der Waals surface area contributed by atoms with Gasteiger partial charge in [-0.05, 0) is 32.1 Å². The number of aromatic nitrogens is 2. The summed E-state index contributed by atoms with van der Waals surface area (Å²) in [4.78, 5) is 0. The zero-order valence-electron chi connectivity index (χ0n) is 23.2.